The van der Waals surface area contributed by atoms with Crippen molar-refractivity contribution in [3.8, 4) is 0 Å². The Bertz CT molecular complexity index is 677. The Kier molecular flexibility index (Phi) is 3.51. The van der Waals surface area contributed by atoms with Gasteiger partial charge in [0, 0.05) is 31.7 Å². The molecule has 0 bridgehead atoms. The van der Waals surface area contributed by atoms with Crippen LogP contribution in [0.2, 0.25) is 0 Å². The minimum absolute atomic E-state index is 0.104. The predicted molar refractivity (Wildman–Crippen MR) is 75.9 cm³/mol. The SMILES string of the molecule is NS(=O)(=O)N1CCCN(c2ncnc3c2CC(=O)N3)CC1. The van der Waals surface area contributed by atoms with Gasteiger partial charge in [-0.3, -0.25) is 4.79 Å². The van der Waals surface area contributed by atoms with E-state index in [1.54, 1.807) is 0 Å². The van der Waals surface area contributed by atoms with Crippen molar-refractivity contribution in [1.82, 2.24) is 14.3 Å². The quantitative estimate of drug-likeness (QED) is 0.699. The summed E-state index contributed by atoms with van der Waals surface area (Å²) in [6, 6.07) is 0. The minimum Gasteiger partial charge on any atom is -0.355 e. The summed E-state index contributed by atoms with van der Waals surface area (Å²) in [5.74, 6) is 1.12. The van der Waals surface area contributed by atoms with Crippen LogP contribution in [0.5, 0.6) is 0 Å². The van der Waals surface area contributed by atoms with Gasteiger partial charge in [0.05, 0.1) is 6.42 Å². The second kappa shape index (κ2) is 5.20. The number of nitrogens with one attached hydrogen (secondary N) is 1. The van der Waals surface area contributed by atoms with Crippen LogP contribution in [0.3, 0.4) is 0 Å². The third-order valence-electron chi connectivity index (χ3n) is 3.63. The standard InChI is InChI=1S/C11H16N6O3S/c12-21(19,20)17-3-1-2-16(4-5-17)11-8-6-9(18)15-10(8)13-7-14-11/h7H,1-6H2,(H2,12,19,20)(H,13,14,15,18). The Morgan fingerprint density at radius 3 is 2.76 bits per heavy atom. The third kappa shape index (κ3) is 2.82. The molecule has 114 valence electrons. The van der Waals surface area contributed by atoms with Gasteiger partial charge in [0.25, 0.3) is 10.2 Å². The first-order valence-electron chi connectivity index (χ1n) is 6.61. The fourth-order valence-corrected chi connectivity index (χ4v) is 3.36. The van der Waals surface area contributed by atoms with E-state index in [1.807, 2.05) is 4.90 Å². The number of amides is 1. The van der Waals surface area contributed by atoms with Gasteiger partial charge < -0.3 is 10.2 Å². The number of anilines is 2. The zero-order chi connectivity index (χ0) is 15.0. The van der Waals surface area contributed by atoms with Gasteiger partial charge in [0.15, 0.2) is 0 Å². The molecule has 0 unspecified atom stereocenters. The monoisotopic (exact) mass is 312 g/mol. The summed E-state index contributed by atoms with van der Waals surface area (Å²) in [6.07, 6.45) is 2.31. The molecule has 1 saturated heterocycles. The maximum absolute atomic E-state index is 11.5. The molecule has 0 radical (unpaired) electrons. The average molecular weight is 312 g/mol. The maximum Gasteiger partial charge on any atom is 0.276 e. The maximum atomic E-state index is 11.5. The molecule has 0 saturated carbocycles. The first-order valence-corrected chi connectivity index (χ1v) is 8.12. The van der Waals surface area contributed by atoms with Crippen molar-refractivity contribution in [2.24, 2.45) is 5.14 Å². The first kappa shape index (κ1) is 14.2. The number of nitrogens with zero attached hydrogens (tertiary/aromatic N) is 4. The molecule has 2 aliphatic heterocycles. The van der Waals surface area contributed by atoms with E-state index in [2.05, 4.69) is 15.3 Å². The summed E-state index contributed by atoms with van der Waals surface area (Å²) in [5, 5.41) is 7.85. The molecule has 1 aromatic heterocycles. The number of hydrogen-bond acceptors (Lipinski definition) is 6. The van der Waals surface area contributed by atoms with E-state index in [0.717, 1.165) is 5.56 Å². The summed E-state index contributed by atoms with van der Waals surface area (Å²) in [6.45, 7) is 1.83. The highest BCUT2D eigenvalue weighted by Crippen LogP contribution is 2.29. The molecule has 0 spiro atoms. The van der Waals surface area contributed by atoms with Gasteiger partial charge in [-0.05, 0) is 6.42 Å². The number of carbonyl (C=O) groups excluding carboxylic acids is 1. The molecule has 3 heterocycles. The lowest BCUT2D eigenvalue weighted by molar-refractivity contribution is -0.115. The average Bonchev–Trinajstić information content (AvgIpc) is 2.63. The summed E-state index contributed by atoms with van der Waals surface area (Å²) in [5.41, 5.74) is 0.770. The van der Waals surface area contributed by atoms with Gasteiger partial charge in [-0.15, -0.1) is 0 Å². The Morgan fingerprint density at radius 1 is 1.19 bits per heavy atom. The molecule has 10 heteroatoms. The van der Waals surface area contributed by atoms with Crippen LogP contribution in [0.25, 0.3) is 0 Å². The largest absolute Gasteiger partial charge is 0.355 e. The Morgan fingerprint density at radius 2 is 2.00 bits per heavy atom. The van der Waals surface area contributed by atoms with Crippen LogP contribution in [0.1, 0.15) is 12.0 Å². The van der Waals surface area contributed by atoms with Gasteiger partial charge in [-0.1, -0.05) is 0 Å². The number of nitrogens with two attached hydrogens (primary N) is 1. The molecule has 9 nitrogen and oxygen atoms in total. The molecular weight excluding hydrogens is 296 g/mol. The second-order valence-electron chi connectivity index (χ2n) is 5.03. The molecule has 0 aromatic carbocycles. The number of carbonyl (C=O) groups is 1. The van der Waals surface area contributed by atoms with Crippen LogP contribution in [-0.4, -0.2) is 54.8 Å². The first-order chi connectivity index (χ1) is 9.95. The Labute approximate surface area is 122 Å². The lowest BCUT2D eigenvalue weighted by Gasteiger charge is -2.23. The Hall–Kier alpha value is -1.78. The smallest absolute Gasteiger partial charge is 0.276 e. The molecule has 1 amide bonds. The molecule has 0 atom stereocenters. The van der Waals surface area contributed by atoms with Crippen molar-refractivity contribution in [1.29, 1.82) is 0 Å². The van der Waals surface area contributed by atoms with Crippen molar-refractivity contribution < 1.29 is 13.2 Å². The topological polar surface area (TPSA) is 122 Å². The van der Waals surface area contributed by atoms with E-state index in [1.165, 1.54) is 10.6 Å². The van der Waals surface area contributed by atoms with E-state index in [9.17, 15) is 13.2 Å². The van der Waals surface area contributed by atoms with Gasteiger partial charge in [-0.2, -0.15) is 12.7 Å². The number of hydrogen-bond donors (Lipinski definition) is 2. The van der Waals surface area contributed by atoms with Crippen molar-refractivity contribution in [3.63, 3.8) is 0 Å². The fourth-order valence-electron chi connectivity index (χ4n) is 2.64. The van der Waals surface area contributed by atoms with Crippen molar-refractivity contribution >= 4 is 27.8 Å². The second-order valence-corrected chi connectivity index (χ2v) is 6.58. The van der Waals surface area contributed by atoms with E-state index in [4.69, 9.17) is 5.14 Å². The Balaban J connectivity index is 1.83. The summed E-state index contributed by atoms with van der Waals surface area (Å²) < 4.78 is 24.1. The number of rotatable bonds is 2. The van der Waals surface area contributed by atoms with Crippen LogP contribution in [-0.2, 0) is 21.4 Å². The number of aromatic nitrogens is 2. The lowest BCUT2D eigenvalue weighted by atomic mass is 10.2. The molecule has 3 rings (SSSR count). The molecule has 2 aliphatic rings. The summed E-state index contributed by atoms with van der Waals surface area (Å²) >= 11 is 0. The normalized spacial score (nSPS) is 20.0. The van der Waals surface area contributed by atoms with Crippen molar-refractivity contribution in [2.45, 2.75) is 12.8 Å². The fraction of sp³-hybridized carbons (Fsp3) is 0.545. The predicted octanol–water partition coefficient (Wildman–Crippen LogP) is -1.31. The van der Waals surface area contributed by atoms with Gasteiger partial charge in [-0.25, -0.2) is 15.1 Å². The van der Waals surface area contributed by atoms with Crippen LogP contribution >= 0.6 is 0 Å². The highest BCUT2D eigenvalue weighted by atomic mass is 32.2. The van der Waals surface area contributed by atoms with E-state index in [0.29, 0.717) is 44.2 Å². The van der Waals surface area contributed by atoms with Crippen LogP contribution < -0.4 is 15.4 Å². The van der Waals surface area contributed by atoms with Crippen LogP contribution in [0.15, 0.2) is 6.33 Å². The van der Waals surface area contributed by atoms with Crippen LogP contribution in [0.4, 0.5) is 11.6 Å². The molecule has 3 N–H and O–H groups in total. The van der Waals surface area contributed by atoms with Gasteiger partial charge in [0.2, 0.25) is 5.91 Å². The highest BCUT2D eigenvalue weighted by Gasteiger charge is 2.28. The van der Waals surface area contributed by atoms with Gasteiger partial charge in [0.1, 0.15) is 18.0 Å². The molecule has 21 heavy (non-hydrogen) atoms. The minimum atomic E-state index is -3.67. The molecule has 1 aromatic rings. The molecule has 1 fully saturated rings. The number of fused-ring (bicyclic) bond motifs is 1. The van der Waals surface area contributed by atoms with Crippen molar-refractivity contribution in [2.75, 3.05) is 36.4 Å². The summed E-state index contributed by atoms with van der Waals surface area (Å²) in [7, 11) is -3.67. The zero-order valence-corrected chi connectivity index (χ0v) is 12.1. The molecular formula is C11H16N6O3S. The van der Waals surface area contributed by atoms with Crippen LogP contribution in [0, 0.1) is 0 Å². The highest BCUT2D eigenvalue weighted by molar-refractivity contribution is 7.86. The van der Waals surface area contributed by atoms with Gasteiger partial charge >= 0.3 is 0 Å². The van der Waals surface area contributed by atoms with E-state index < -0.39 is 10.2 Å². The summed E-state index contributed by atoms with van der Waals surface area (Å²) in [4.78, 5) is 21.8. The van der Waals surface area contributed by atoms with Crippen molar-refractivity contribution in [3.05, 3.63) is 11.9 Å². The van der Waals surface area contributed by atoms with E-state index in [-0.39, 0.29) is 12.3 Å². The van der Waals surface area contributed by atoms with E-state index >= 15 is 0 Å². The lowest BCUT2D eigenvalue weighted by Crippen LogP contribution is -2.39. The third-order valence-corrected chi connectivity index (χ3v) is 4.72. The molecule has 0 aliphatic carbocycles. The zero-order valence-electron chi connectivity index (χ0n) is 11.3.